The molecule has 2 amide bonds. The molecule has 0 saturated carbocycles. The number of pyridine rings is 1. The minimum absolute atomic E-state index is 0.0230. The largest absolute Gasteiger partial charge is 0.356 e. The molecule has 154 valence electrons. The summed E-state index contributed by atoms with van der Waals surface area (Å²) in [6.07, 6.45) is 4.71. The first-order chi connectivity index (χ1) is 14.6. The lowest BCUT2D eigenvalue weighted by Gasteiger charge is -2.35. The minimum atomic E-state index is -0.618. The van der Waals surface area contributed by atoms with Crippen molar-refractivity contribution in [3.8, 4) is 0 Å². The molecule has 6 nitrogen and oxygen atoms in total. The van der Waals surface area contributed by atoms with Crippen LogP contribution in [0.5, 0.6) is 0 Å². The highest BCUT2D eigenvalue weighted by atomic mass is 32.1. The summed E-state index contributed by atoms with van der Waals surface area (Å²) in [6, 6.07) is 9.68. The Hall–Kier alpha value is -2.80. The van der Waals surface area contributed by atoms with E-state index in [0.29, 0.717) is 24.9 Å². The molecule has 30 heavy (non-hydrogen) atoms. The van der Waals surface area contributed by atoms with Crippen LogP contribution in [0.4, 0.5) is 0 Å². The summed E-state index contributed by atoms with van der Waals surface area (Å²) in [5.41, 5.74) is 3.58. The summed E-state index contributed by atoms with van der Waals surface area (Å²) < 4.78 is 0. The molecule has 5 rings (SSSR count). The summed E-state index contributed by atoms with van der Waals surface area (Å²) in [4.78, 5) is 37.7. The number of hydrogen-bond acceptors (Lipinski definition) is 5. The molecule has 2 aromatic heterocycles. The Morgan fingerprint density at radius 2 is 2.13 bits per heavy atom. The van der Waals surface area contributed by atoms with Crippen LogP contribution in [0.15, 0.2) is 47.4 Å². The number of amides is 2. The van der Waals surface area contributed by atoms with E-state index >= 15 is 0 Å². The van der Waals surface area contributed by atoms with Crippen LogP contribution in [0.3, 0.4) is 0 Å². The number of hydrogen-bond donors (Lipinski definition) is 1. The zero-order valence-corrected chi connectivity index (χ0v) is 17.7. The molecule has 3 aromatic rings. The number of para-hydroxylation sites is 1. The molecule has 1 N–H and O–H groups in total. The van der Waals surface area contributed by atoms with Gasteiger partial charge in [0.1, 0.15) is 0 Å². The third-order valence-electron chi connectivity index (χ3n) is 6.58. The molecule has 2 aliphatic heterocycles. The van der Waals surface area contributed by atoms with Gasteiger partial charge in [-0.15, -0.1) is 11.3 Å². The zero-order valence-electron chi connectivity index (χ0n) is 16.9. The van der Waals surface area contributed by atoms with Gasteiger partial charge < -0.3 is 10.2 Å². The van der Waals surface area contributed by atoms with Gasteiger partial charge in [-0.1, -0.05) is 18.2 Å². The SMILES string of the molecule is CCNC(=O)[C@@]1(Cc2cscn2)C[C@H]2CC[C@@H]1N2C(=O)c1cnc2ccccc2c1. The highest BCUT2D eigenvalue weighted by Gasteiger charge is 2.61. The standard InChI is InChI=1S/C23H24N4O2S/c1-2-24-22(29)23(10-17-13-30-14-26-17)11-18-7-8-20(23)27(18)21(28)16-9-15-5-3-4-6-19(15)25-12-16/h3-6,9,12-14,18,20H,2,7-8,10-11H2,1H3,(H,24,29)/t18-,20+,23+/m1/s1. The van der Waals surface area contributed by atoms with Crippen LogP contribution < -0.4 is 5.32 Å². The highest BCUT2D eigenvalue weighted by Crippen LogP contribution is 2.52. The molecule has 2 saturated heterocycles. The van der Waals surface area contributed by atoms with Crippen molar-refractivity contribution in [3.63, 3.8) is 0 Å². The van der Waals surface area contributed by atoms with E-state index in [2.05, 4.69) is 15.3 Å². The summed E-state index contributed by atoms with van der Waals surface area (Å²) in [5.74, 6) is 0.0184. The quantitative estimate of drug-likeness (QED) is 0.686. The normalized spacial score (nSPS) is 25.0. The summed E-state index contributed by atoms with van der Waals surface area (Å²) in [6.45, 7) is 2.52. The molecule has 2 bridgehead atoms. The maximum absolute atomic E-state index is 13.6. The molecule has 3 atom stereocenters. The van der Waals surface area contributed by atoms with Gasteiger partial charge in [-0.2, -0.15) is 0 Å². The van der Waals surface area contributed by atoms with Crippen LogP contribution in [0.25, 0.3) is 10.9 Å². The van der Waals surface area contributed by atoms with Crippen LogP contribution in [0.2, 0.25) is 0 Å². The van der Waals surface area contributed by atoms with Crippen molar-refractivity contribution >= 4 is 34.1 Å². The van der Waals surface area contributed by atoms with Gasteiger partial charge in [0, 0.05) is 42.0 Å². The van der Waals surface area contributed by atoms with Crippen LogP contribution in [-0.2, 0) is 11.2 Å². The van der Waals surface area contributed by atoms with Crippen LogP contribution in [0, 0.1) is 5.41 Å². The van der Waals surface area contributed by atoms with Crippen molar-refractivity contribution in [1.82, 2.24) is 20.2 Å². The smallest absolute Gasteiger partial charge is 0.255 e. The molecule has 2 aliphatic rings. The summed E-state index contributed by atoms with van der Waals surface area (Å²) in [7, 11) is 0. The number of benzene rings is 1. The van der Waals surface area contributed by atoms with Gasteiger partial charge >= 0.3 is 0 Å². The molecule has 7 heteroatoms. The van der Waals surface area contributed by atoms with Gasteiger partial charge in [-0.25, -0.2) is 4.98 Å². The molecule has 0 spiro atoms. The Kier molecular flexibility index (Phi) is 4.77. The fourth-order valence-corrected chi connectivity index (χ4v) is 5.88. The van der Waals surface area contributed by atoms with Crippen molar-refractivity contribution in [1.29, 1.82) is 0 Å². The molecule has 1 aromatic carbocycles. The first-order valence-corrected chi connectivity index (χ1v) is 11.4. The van der Waals surface area contributed by atoms with Crippen molar-refractivity contribution in [2.75, 3.05) is 6.54 Å². The highest BCUT2D eigenvalue weighted by molar-refractivity contribution is 7.07. The lowest BCUT2D eigenvalue weighted by Crippen LogP contribution is -2.51. The van der Waals surface area contributed by atoms with Crippen LogP contribution in [0.1, 0.15) is 42.2 Å². The van der Waals surface area contributed by atoms with Gasteiger partial charge in [-0.05, 0) is 38.3 Å². The Balaban J connectivity index is 1.50. The number of carbonyl (C=O) groups excluding carboxylic acids is 2. The maximum atomic E-state index is 13.6. The third kappa shape index (κ3) is 2.99. The molecular formula is C23H24N4O2S. The number of rotatable bonds is 5. The van der Waals surface area contributed by atoms with E-state index in [-0.39, 0.29) is 23.9 Å². The number of nitrogens with zero attached hydrogens (tertiary/aromatic N) is 3. The molecule has 0 unspecified atom stereocenters. The second kappa shape index (κ2) is 7.47. The van der Waals surface area contributed by atoms with Gasteiger partial charge in [0.2, 0.25) is 5.91 Å². The predicted molar refractivity (Wildman–Crippen MR) is 116 cm³/mol. The van der Waals surface area contributed by atoms with E-state index in [1.54, 1.807) is 23.0 Å². The lowest BCUT2D eigenvalue weighted by atomic mass is 9.70. The molecule has 2 fully saturated rings. The van der Waals surface area contributed by atoms with Crippen molar-refractivity contribution in [2.24, 2.45) is 5.41 Å². The summed E-state index contributed by atoms with van der Waals surface area (Å²) in [5, 5.41) is 5.99. The van der Waals surface area contributed by atoms with E-state index in [1.165, 1.54) is 0 Å². The van der Waals surface area contributed by atoms with E-state index in [1.807, 2.05) is 47.5 Å². The van der Waals surface area contributed by atoms with Gasteiger partial charge in [0.05, 0.1) is 27.7 Å². The molecule has 0 radical (unpaired) electrons. The number of aromatic nitrogens is 2. The van der Waals surface area contributed by atoms with Gasteiger partial charge in [0.25, 0.3) is 5.91 Å². The van der Waals surface area contributed by atoms with Crippen molar-refractivity contribution < 1.29 is 9.59 Å². The number of fused-ring (bicyclic) bond motifs is 3. The van der Waals surface area contributed by atoms with E-state index < -0.39 is 5.41 Å². The van der Waals surface area contributed by atoms with E-state index in [0.717, 1.165) is 29.4 Å². The van der Waals surface area contributed by atoms with E-state index in [4.69, 9.17) is 0 Å². The summed E-state index contributed by atoms with van der Waals surface area (Å²) >= 11 is 1.54. The van der Waals surface area contributed by atoms with Crippen LogP contribution >= 0.6 is 11.3 Å². The fourth-order valence-electron chi connectivity index (χ4n) is 5.33. The second-order valence-corrected chi connectivity index (χ2v) is 8.97. The molecular weight excluding hydrogens is 396 g/mol. The van der Waals surface area contributed by atoms with Crippen molar-refractivity contribution in [2.45, 2.75) is 44.7 Å². The van der Waals surface area contributed by atoms with Gasteiger partial charge in [-0.3, -0.25) is 14.6 Å². The second-order valence-electron chi connectivity index (χ2n) is 8.25. The first kappa shape index (κ1) is 19.2. The molecule has 0 aliphatic carbocycles. The minimum Gasteiger partial charge on any atom is -0.356 e. The van der Waals surface area contributed by atoms with E-state index in [9.17, 15) is 9.59 Å². The lowest BCUT2D eigenvalue weighted by molar-refractivity contribution is -0.132. The Bertz CT molecular complexity index is 1100. The first-order valence-electron chi connectivity index (χ1n) is 10.5. The Labute approximate surface area is 179 Å². The number of carbonyl (C=O) groups is 2. The average molecular weight is 421 g/mol. The average Bonchev–Trinajstić information content (AvgIpc) is 3.49. The fraction of sp³-hybridized carbons (Fsp3) is 0.391. The Morgan fingerprint density at radius 1 is 1.27 bits per heavy atom. The van der Waals surface area contributed by atoms with Crippen LogP contribution in [-0.4, -0.2) is 45.3 Å². The third-order valence-corrected chi connectivity index (χ3v) is 7.22. The zero-order chi connectivity index (χ0) is 20.7. The topological polar surface area (TPSA) is 75.2 Å². The van der Waals surface area contributed by atoms with Gasteiger partial charge in [0.15, 0.2) is 0 Å². The number of thiazole rings is 1. The molecule has 4 heterocycles. The maximum Gasteiger partial charge on any atom is 0.255 e. The van der Waals surface area contributed by atoms with Crippen molar-refractivity contribution in [3.05, 3.63) is 58.7 Å². The number of nitrogens with one attached hydrogen (secondary N) is 1. The monoisotopic (exact) mass is 420 g/mol. The Morgan fingerprint density at radius 3 is 2.93 bits per heavy atom. The predicted octanol–water partition coefficient (Wildman–Crippen LogP) is 3.43.